The molecular formula is C108H64O4. The van der Waals surface area contributed by atoms with Gasteiger partial charge in [-0.05, 0) is 251 Å². The molecule has 4 nitrogen and oxygen atoms in total. The van der Waals surface area contributed by atoms with Crippen molar-refractivity contribution in [2.24, 2.45) is 0 Å². The van der Waals surface area contributed by atoms with Crippen LogP contribution >= 0.6 is 0 Å². The summed E-state index contributed by atoms with van der Waals surface area (Å²) in [5.41, 5.74) is 26.2. The minimum atomic E-state index is 0.892. The predicted octanol–water partition coefficient (Wildman–Crippen LogP) is 31.2. The van der Waals surface area contributed by atoms with E-state index in [4.69, 9.17) is 17.7 Å². The molecule has 24 aromatic rings. The first-order valence-corrected chi connectivity index (χ1v) is 38.3. The highest BCUT2D eigenvalue weighted by atomic mass is 16.3. The van der Waals surface area contributed by atoms with Gasteiger partial charge in [-0.2, -0.15) is 0 Å². The minimum Gasteiger partial charge on any atom is -0.456 e. The van der Waals surface area contributed by atoms with Gasteiger partial charge in [0.25, 0.3) is 0 Å². The Kier molecular flexibility index (Phi) is 14.3. The lowest BCUT2D eigenvalue weighted by molar-refractivity contribution is 0.668. The van der Waals surface area contributed by atoms with Crippen LogP contribution in [0, 0.1) is 0 Å². The van der Waals surface area contributed by atoms with E-state index in [1.807, 2.05) is 36.4 Å². The van der Waals surface area contributed by atoms with E-state index >= 15 is 0 Å². The second kappa shape index (κ2) is 25.4. The molecule has 4 aromatic heterocycles. The number of fused-ring (bicyclic) bond motifs is 18. The molecule has 112 heavy (non-hydrogen) atoms. The van der Waals surface area contributed by atoms with Crippen molar-refractivity contribution in [3.63, 3.8) is 0 Å². The summed E-state index contributed by atoms with van der Waals surface area (Å²) in [6.07, 6.45) is 0. The van der Waals surface area contributed by atoms with Gasteiger partial charge in [0.15, 0.2) is 0 Å². The first-order valence-electron chi connectivity index (χ1n) is 38.3. The summed E-state index contributed by atoms with van der Waals surface area (Å²) >= 11 is 0. The zero-order valence-corrected chi connectivity index (χ0v) is 60.6. The van der Waals surface area contributed by atoms with Crippen molar-refractivity contribution in [2.45, 2.75) is 0 Å². The molecule has 0 aliphatic heterocycles. The van der Waals surface area contributed by atoms with Gasteiger partial charge in [-0.25, -0.2) is 0 Å². The van der Waals surface area contributed by atoms with Crippen LogP contribution in [0.3, 0.4) is 0 Å². The SMILES string of the molecule is c1ccc(-c2cc(-c3c4cccc(-c5ccc6oc7ccccc7c6c5)c4cc4c(-c5ccc6oc7ccccc7c6c5)cccc34)cc3ccccc23)cc1.c1ccc(-c2cc(-c3c4cccc(-c5cccc6oc7ccccc7c56)c4cc4c(-c5cccc6oc7ccccc7c56)cccc34)cc3ccccc23)cc1. The first kappa shape index (κ1) is 63.3. The summed E-state index contributed by atoms with van der Waals surface area (Å²) in [5.74, 6) is 0. The third kappa shape index (κ3) is 10.1. The molecule has 0 amide bonds. The molecule has 0 unspecified atom stereocenters. The summed E-state index contributed by atoms with van der Waals surface area (Å²) in [6, 6.07) is 140. The summed E-state index contributed by atoms with van der Waals surface area (Å²) < 4.78 is 25.4. The fraction of sp³-hybridized carbons (Fsp3) is 0. The molecule has 4 heteroatoms. The molecule has 0 fully saturated rings. The van der Waals surface area contributed by atoms with Crippen molar-refractivity contribution in [3.05, 3.63) is 388 Å². The average Bonchev–Trinajstić information content (AvgIpc) is 0.755. The highest BCUT2D eigenvalue weighted by Crippen LogP contribution is 2.51. The fourth-order valence-corrected chi connectivity index (χ4v) is 18.3. The molecule has 0 radical (unpaired) electrons. The summed E-state index contributed by atoms with van der Waals surface area (Å²) in [6.45, 7) is 0. The van der Waals surface area contributed by atoms with E-state index in [-0.39, 0.29) is 0 Å². The zero-order chi connectivity index (χ0) is 73.5. The molecule has 24 rings (SSSR count). The van der Waals surface area contributed by atoms with E-state index in [9.17, 15) is 0 Å². The molecule has 0 aliphatic carbocycles. The van der Waals surface area contributed by atoms with Crippen molar-refractivity contribution < 1.29 is 17.7 Å². The van der Waals surface area contributed by atoms with Crippen LogP contribution in [0.2, 0.25) is 0 Å². The lowest BCUT2D eigenvalue weighted by Gasteiger charge is -2.19. The third-order valence-electron chi connectivity index (χ3n) is 23.3. The first-order chi connectivity index (χ1) is 55.5. The third-order valence-corrected chi connectivity index (χ3v) is 23.3. The minimum absolute atomic E-state index is 0.892. The molecule has 0 saturated heterocycles. The van der Waals surface area contributed by atoms with E-state index in [2.05, 4.69) is 352 Å². The smallest absolute Gasteiger partial charge is 0.136 e. The van der Waals surface area contributed by atoms with Crippen LogP contribution in [0.1, 0.15) is 0 Å². The number of hydrogen-bond donors (Lipinski definition) is 0. The van der Waals surface area contributed by atoms with Crippen LogP contribution in [-0.4, -0.2) is 0 Å². The van der Waals surface area contributed by atoms with E-state index < -0.39 is 0 Å². The van der Waals surface area contributed by atoms with Crippen LogP contribution in [0.15, 0.2) is 406 Å². The number of furan rings is 4. The molecular weight excluding hydrogens is 1360 g/mol. The number of benzene rings is 20. The molecule has 0 bridgehead atoms. The van der Waals surface area contributed by atoms with E-state index in [0.717, 1.165) is 110 Å². The Morgan fingerprint density at radius 3 is 0.839 bits per heavy atom. The highest BCUT2D eigenvalue weighted by Gasteiger charge is 2.24. The molecule has 0 aliphatic rings. The molecule has 0 N–H and O–H groups in total. The van der Waals surface area contributed by atoms with E-state index in [0.29, 0.717) is 0 Å². The largest absolute Gasteiger partial charge is 0.456 e. The van der Waals surface area contributed by atoms with Gasteiger partial charge in [-0.3, -0.25) is 0 Å². The Labute approximate surface area is 643 Å². The van der Waals surface area contributed by atoms with Crippen LogP contribution in [0.25, 0.3) is 241 Å². The maximum absolute atomic E-state index is 6.42. The van der Waals surface area contributed by atoms with Crippen LogP contribution in [-0.2, 0) is 0 Å². The maximum atomic E-state index is 6.42. The maximum Gasteiger partial charge on any atom is 0.136 e. The molecule has 0 saturated carbocycles. The van der Waals surface area contributed by atoms with Gasteiger partial charge in [0, 0.05) is 43.1 Å². The van der Waals surface area contributed by atoms with Crippen LogP contribution < -0.4 is 0 Å². The molecule has 0 atom stereocenters. The summed E-state index contributed by atoms with van der Waals surface area (Å²) in [4.78, 5) is 0. The predicted molar refractivity (Wildman–Crippen MR) is 471 cm³/mol. The lowest BCUT2D eigenvalue weighted by Crippen LogP contribution is -1.92. The number of para-hydroxylation sites is 4. The molecule has 0 spiro atoms. The number of rotatable bonds is 8. The standard InChI is InChI=1S/2C54H32O2/c1-2-14-33(15-3-1)45-31-35(30-34-16-4-5-17-36(34)45)52-41-22-10-20-37(39-24-12-28-50-53(39)43-18-6-8-26-48(43)55-50)46(41)32-47-38(21-11-23-42(47)52)40-25-13-29-51-54(40)44-19-7-9-27-49(44)56-51;1-2-12-33(13-3-1)45-31-37(28-34-14-4-5-15-38(34)45)54-43-20-10-18-39(35-24-26-52-48(29-35)41-16-6-8-22-50(41)55-52)46(43)32-47-40(19-11-21-44(47)54)36-25-27-53-49(30-36)42-17-7-9-23-51(42)56-53/h2*1-32H. The van der Waals surface area contributed by atoms with Gasteiger partial charge in [0.1, 0.15) is 44.7 Å². The van der Waals surface area contributed by atoms with Crippen molar-refractivity contribution in [1.29, 1.82) is 0 Å². The fourth-order valence-electron chi connectivity index (χ4n) is 18.3. The second-order valence-corrected chi connectivity index (χ2v) is 29.5. The van der Waals surface area contributed by atoms with Crippen molar-refractivity contribution in [3.8, 4) is 89.0 Å². The van der Waals surface area contributed by atoms with Crippen LogP contribution in [0.4, 0.5) is 0 Å². The number of hydrogen-bond acceptors (Lipinski definition) is 4. The van der Waals surface area contributed by atoms with E-state index in [1.54, 1.807) is 0 Å². The van der Waals surface area contributed by atoms with Crippen molar-refractivity contribution in [2.75, 3.05) is 0 Å². The van der Waals surface area contributed by atoms with Crippen LogP contribution in [0.5, 0.6) is 0 Å². The highest BCUT2D eigenvalue weighted by molar-refractivity contribution is 6.26. The monoisotopic (exact) mass is 1420 g/mol. The van der Waals surface area contributed by atoms with Gasteiger partial charge >= 0.3 is 0 Å². The molecule has 520 valence electrons. The van der Waals surface area contributed by atoms with Gasteiger partial charge in [0.2, 0.25) is 0 Å². The molecule has 20 aromatic carbocycles. The van der Waals surface area contributed by atoms with Crippen molar-refractivity contribution in [1.82, 2.24) is 0 Å². The van der Waals surface area contributed by atoms with Crippen molar-refractivity contribution >= 4 is 152 Å². The van der Waals surface area contributed by atoms with Gasteiger partial charge in [-0.1, -0.05) is 291 Å². The second-order valence-electron chi connectivity index (χ2n) is 29.5. The van der Waals surface area contributed by atoms with E-state index in [1.165, 1.54) is 131 Å². The Morgan fingerprint density at radius 1 is 0.125 bits per heavy atom. The van der Waals surface area contributed by atoms with Gasteiger partial charge in [-0.15, -0.1) is 0 Å². The summed E-state index contributed by atoms with van der Waals surface area (Å²) in [5, 5.41) is 23.6. The summed E-state index contributed by atoms with van der Waals surface area (Å²) in [7, 11) is 0. The topological polar surface area (TPSA) is 52.6 Å². The average molecular weight is 1430 g/mol. The van der Waals surface area contributed by atoms with Gasteiger partial charge in [0.05, 0.1) is 0 Å². The normalized spacial score (nSPS) is 11.9. The quantitative estimate of drug-likeness (QED) is 0.142. The Bertz CT molecular complexity index is 7660. The Balaban J connectivity index is 0.000000134. The molecule has 4 heterocycles. The Morgan fingerprint density at radius 2 is 0.420 bits per heavy atom. The zero-order valence-electron chi connectivity index (χ0n) is 60.6. The Hall–Kier alpha value is -14.8. The van der Waals surface area contributed by atoms with Gasteiger partial charge < -0.3 is 17.7 Å². The lowest BCUT2D eigenvalue weighted by atomic mass is 9.84.